The molecule has 64 valence electrons. The maximum atomic E-state index is 9.42. The van der Waals surface area contributed by atoms with Gasteiger partial charge in [-0.15, -0.1) is 0 Å². The molecule has 0 heterocycles. The quantitative estimate of drug-likeness (QED) is 0.457. The SMILES string of the molecule is CN(C)C1C=CC(=[N+]=[N-])C=C1O. The first-order valence-electron chi connectivity index (χ1n) is 3.62. The van der Waals surface area contributed by atoms with Gasteiger partial charge in [-0.3, -0.25) is 4.90 Å². The summed E-state index contributed by atoms with van der Waals surface area (Å²) in [5, 5.41) is 9.42. The van der Waals surface area contributed by atoms with E-state index in [4.69, 9.17) is 5.53 Å². The fourth-order valence-corrected chi connectivity index (χ4v) is 1.07. The molecule has 0 aromatic rings. The van der Waals surface area contributed by atoms with Crippen LogP contribution in [0.3, 0.4) is 0 Å². The van der Waals surface area contributed by atoms with E-state index in [1.54, 1.807) is 12.2 Å². The smallest absolute Gasteiger partial charge is 0.318 e. The van der Waals surface area contributed by atoms with E-state index in [2.05, 4.69) is 4.79 Å². The van der Waals surface area contributed by atoms with E-state index in [9.17, 15) is 5.11 Å². The van der Waals surface area contributed by atoms with Crippen LogP contribution in [0.25, 0.3) is 5.53 Å². The van der Waals surface area contributed by atoms with Crippen molar-refractivity contribution in [3.05, 3.63) is 29.5 Å². The zero-order valence-electron chi connectivity index (χ0n) is 7.10. The van der Waals surface area contributed by atoms with Crippen molar-refractivity contribution in [2.24, 2.45) is 0 Å². The minimum absolute atomic E-state index is 0.115. The van der Waals surface area contributed by atoms with Gasteiger partial charge in [-0.1, -0.05) is 6.08 Å². The number of hydrogen-bond acceptors (Lipinski definition) is 2. The van der Waals surface area contributed by atoms with Gasteiger partial charge in [-0.2, -0.15) is 4.79 Å². The van der Waals surface area contributed by atoms with Gasteiger partial charge < -0.3 is 10.6 Å². The number of nitrogens with zero attached hydrogens (tertiary/aromatic N) is 3. The lowest BCUT2D eigenvalue weighted by molar-refractivity contribution is -0.00207. The maximum absolute atomic E-state index is 9.42. The maximum Gasteiger partial charge on any atom is 0.318 e. The Morgan fingerprint density at radius 3 is 2.67 bits per heavy atom. The predicted octanol–water partition coefficient (Wildman–Crippen LogP) is 0.599. The van der Waals surface area contributed by atoms with Gasteiger partial charge in [-0.05, 0) is 14.1 Å². The minimum Gasteiger partial charge on any atom is -0.510 e. The molecule has 1 aliphatic carbocycles. The molecule has 0 aromatic heterocycles. The second-order valence-electron chi connectivity index (χ2n) is 2.86. The Balaban J connectivity index is 2.90. The molecule has 0 aliphatic heterocycles. The van der Waals surface area contributed by atoms with Crippen LogP contribution in [0.1, 0.15) is 0 Å². The molecule has 1 N–H and O–H groups in total. The Labute approximate surface area is 71.0 Å². The van der Waals surface area contributed by atoms with Crippen LogP contribution in [0, 0.1) is 0 Å². The van der Waals surface area contributed by atoms with Crippen LogP contribution in [0.15, 0.2) is 24.0 Å². The third kappa shape index (κ3) is 1.61. The van der Waals surface area contributed by atoms with E-state index in [-0.39, 0.29) is 11.8 Å². The Hall–Kier alpha value is -1.38. The van der Waals surface area contributed by atoms with Gasteiger partial charge >= 0.3 is 5.71 Å². The molecule has 1 unspecified atom stereocenters. The highest BCUT2D eigenvalue weighted by Crippen LogP contribution is 2.10. The molecule has 1 aliphatic rings. The van der Waals surface area contributed by atoms with Gasteiger partial charge in [0.1, 0.15) is 5.76 Å². The fourth-order valence-electron chi connectivity index (χ4n) is 1.07. The Morgan fingerprint density at radius 1 is 1.58 bits per heavy atom. The molecule has 4 heteroatoms. The largest absolute Gasteiger partial charge is 0.510 e. The number of rotatable bonds is 1. The van der Waals surface area contributed by atoms with Crippen LogP contribution in [-0.2, 0) is 0 Å². The van der Waals surface area contributed by atoms with Gasteiger partial charge in [0.15, 0.2) is 0 Å². The standard InChI is InChI=1S/C8H11N3O/c1-11(2)7-4-3-6(10-9)5-8(7)12/h3-5,7,12H,1-2H3. The van der Waals surface area contributed by atoms with Crippen molar-refractivity contribution in [3.8, 4) is 0 Å². The van der Waals surface area contributed by atoms with Gasteiger partial charge in [0, 0.05) is 6.08 Å². The molecule has 12 heavy (non-hydrogen) atoms. The van der Waals surface area contributed by atoms with E-state index in [0.29, 0.717) is 5.71 Å². The summed E-state index contributed by atoms with van der Waals surface area (Å²) in [6, 6.07) is -0.115. The molecular weight excluding hydrogens is 154 g/mol. The first kappa shape index (κ1) is 8.71. The molecule has 0 aromatic carbocycles. The van der Waals surface area contributed by atoms with E-state index in [0.717, 1.165) is 0 Å². The van der Waals surface area contributed by atoms with Gasteiger partial charge in [-0.25, -0.2) is 0 Å². The number of aliphatic hydroxyl groups excluding tert-OH is 1. The third-order valence-electron chi connectivity index (χ3n) is 1.72. The summed E-state index contributed by atoms with van der Waals surface area (Å²) in [5.41, 5.74) is 8.77. The van der Waals surface area contributed by atoms with Crippen molar-refractivity contribution in [1.82, 2.24) is 4.90 Å². The van der Waals surface area contributed by atoms with Gasteiger partial charge in [0.2, 0.25) is 0 Å². The summed E-state index contributed by atoms with van der Waals surface area (Å²) < 4.78 is 0. The summed E-state index contributed by atoms with van der Waals surface area (Å²) in [6.07, 6.45) is 4.86. The van der Waals surface area contributed by atoms with E-state index >= 15 is 0 Å². The van der Waals surface area contributed by atoms with Crippen molar-refractivity contribution in [2.45, 2.75) is 6.04 Å². The van der Waals surface area contributed by atoms with Crippen molar-refractivity contribution in [1.29, 1.82) is 0 Å². The fraction of sp³-hybridized carbons (Fsp3) is 0.375. The molecule has 0 fully saturated rings. The lowest BCUT2D eigenvalue weighted by Gasteiger charge is -2.20. The molecular formula is C8H11N3O. The van der Waals surface area contributed by atoms with Crippen LogP contribution in [0.2, 0.25) is 0 Å². The monoisotopic (exact) mass is 165 g/mol. The second kappa shape index (κ2) is 3.34. The third-order valence-corrected chi connectivity index (χ3v) is 1.72. The van der Waals surface area contributed by atoms with Crippen LogP contribution in [0.4, 0.5) is 0 Å². The van der Waals surface area contributed by atoms with Crippen LogP contribution < -0.4 is 0 Å². The lowest BCUT2D eigenvalue weighted by Crippen LogP contribution is -2.30. The Morgan fingerprint density at radius 2 is 2.25 bits per heavy atom. The molecule has 1 rings (SSSR count). The number of allylic oxidation sites excluding steroid dienone is 2. The highest BCUT2D eigenvalue weighted by Gasteiger charge is 2.19. The summed E-state index contributed by atoms with van der Waals surface area (Å²) in [5.74, 6) is 0.190. The average molecular weight is 165 g/mol. The number of hydrogen-bond donors (Lipinski definition) is 1. The zero-order valence-corrected chi connectivity index (χ0v) is 7.10. The highest BCUT2D eigenvalue weighted by atomic mass is 16.3. The first-order chi connectivity index (χ1) is 5.65. The average Bonchev–Trinajstić information content (AvgIpc) is 2.03. The number of likely N-dealkylation sites (N-methyl/N-ethyl adjacent to an activating group) is 1. The zero-order chi connectivity index (χ0) is 9.14. The van der Waals surface area contributed by atoms with Crippen LogP contribution >= 0.6 is 0 Å². The van der Waals surface area contributed by atoms with Crippen LogP contribution in [0.5, 0.6) is 0 Å². The minimum atomic E-state index is -0.115. The summed E-state index contributed by atoms with van der Waals surface area (Å²) in [6.45, 7) is 0. The molecule has 0 saturated carbocycles. The van der Waals surface area contributed by atoms with E-state index in [1.165, 1.54) is 6.08 Å². The molecule has 0 spiro atoms. The highest BCUT2D eigenvalue weighted by molar-refractivity contribution is 6.01. The van der Waals surface area contributed by atoms with Gasteiger partial charge in [0.25, 0.3) is 0 Å². The Bertz CT molecular complexity index is 285. The second-order valence-corrected chi connectivity index (χ2v) is 2.86. The molecule has 4 nitrogen and oxygen atoms in total. The topological polar surface area (TPSA) is 59.9 Å². The van der Waals surface area contributed by atoms with E-state index < -0.39 is 0 Å². The van der Waals surface area contributed by atoms with Crippen molar-refractivity contribution in [2.75, 3.05) is 14.1 Å². The molecule has 0 saturated heterocycles. The predicted molar refractivity (Wildman–Crippen MR) is 46.0 cm³/mol. The normalized spacial score (nSPS) is 22.4. The van der Waals surface area contributed by atoms with Crippen molar-refractivity contribution >= 4 is 5.71 Å². The van der Waals surface area contributed by atoms with E-state index in [1.807, 2.05) is 19.0 Å². The molecule has 0 amide bonds. The number of aliphatic hydroxyl groups is 1. The van der Waals surface area contributed by atoms with Crippen molar-refractivity contribution < 1.29 is 9.90 Å². The van der Waals surface area contributed by atoms with Crippen molar-refractivity contribution in [3.63, 3.8) is 0 Å². The lowest BCUT2D eigenvalue weighted by atomic mass is 10.1. The summed E-state index contributed by atoms with van der Waals surface area (Å²) >= 11 is 0. The summed E-state index contributed by atoms with van der Waals surface area (Å²) in [7, 11) is 3.72. The molecule has 0 radical (unpaired) electrons. The summed E-state index contributed by atoms with van der Waals surface area (Å²) in [4.78, 5) is 4.82. The van der Waals surface area contributed by atoms with Gasteiger partial charge in [0.05, 0.1) is 12.1 Å². The molecule has 0 bridgehead atoms. The van der Waals surface area contributed by atoms with Crippen LogP contribution in [-0.4, -0.2) is 40.6 Å². The molecule has 1 atom stereocenters. The Kier molecular flexibility index (Phi) is 2.43. The first-order valence-corrected chi connectivity index (χ1v) is 3.62.